The second-order valence-corrected chi connectivity index (χ2v) is 2.67. The normalized spacial score (nSPS) is 10.1. The Labute approximate surface area is 79.5 Å². The molecule has 0 saturated carbocycles. The predicted molar refractivity (Wildman–Crippen MR) is 49.7 cm³/mol. The van der Waals surface area contributed by atoms with Gasteiger partial charge in [-0.2, -0.15) is 0 Å². The SMILES string of the molecule is NNc1cccc(F)c1-c1cnco1. The van der Waals surface area contributed by atoms with Crippen molar-refractivity contribution in [3.63, 3.8) is 0 Å². The van der Waals surface area contributed by atoms with E-state index in [0.717, 1.165) is 0 Å². The van der Waals surface area contributed by atoms with Crippen LogP contribution >= 0.6 is 0 Å². The molecule has 0 unspecified atom stereocenters. The average Bonchev–Trinajstić information content (AvgIpc) is 2.70. The predicted octanol–water partition coefficient (Wildman–Crippen LogP) is 1.77. The van der Waals surface area contributed by atoms with E-state index in [0.29, 0.717) is 11.4 Å². The quantitative estimate of drug-likeness (QED) is 0.563. The first-order chi connectivity index (χ1) is 6.83. The number of benzene rings is 1. The molecule has 0 saturated heterocycles. The van der Waals surface area contributed by atoms with Crippen molar-refractivity contribution < 1.29 is 8.81 Å². The van der Waals surface area contributed by atoms with E-state index in [1.807, 2.05) is 0 Å². The van der Waals surface area contributed by atoms with Crippen LogP contribution in [0.3, 0.4) is 0 Å². The number of oxazole rings is 1. The third kappa shape index (κ3) is 1.33. The molecule has 5 heteroatoms. The summed E-state index contributed by atoms with van der Waals surface area (Å²) in [4.78, 5) is 3.71. The van der Waals surface area contributed by atoms with Gasteiger partial charge in [-0.25, -0.2) is 9.37 Å². The van der Waals surface area contributed by atoms with Crippen molar-refractivity contribution in [3.05, 3.63) is 36.6 Å². The number of nitrogens with two attached hydrogens (primary N) is 1. The lowest BCUT2D eigenvalue weighted by Gasteiger charge is -2.06. The minimum atomic E-state index is -0.405. The molecule has 0 amide bonds. The molecule has 3 N–H and O–H groups in total. The maximum absolute atomic E-state index is 13.4. The molecule has 14 heavy (non-hydrogen) atoms. The largest absolute Gasteiger partial charge is 0.443 e. The molecule has 0 radical (unpaired) electrons. The van der Waals surface area contributed by atoms with Gasteiger partial charge in [-0.3, -0.25) is 5.84 Å². The topological polar surface area (TPSA) is 64.1 Å². The Kier molecular flexibility index (Phi) is 2.16. The summed E-state index contributed by atoms with van der Waals surface area (Å²) in [5.74, 6) is 5.19. The standard InChI is InChI=1S/C9H8FN3O/c10-6-2-1-3-7(13-11)9(6)8-4-12-5-14-8/h1-5,13H,11H2. The molecule has 0 spiro atoms. The maximum Gasteiger partial charge on any atom is 0.181 e. The van der Waals surface area contributed by atoms with Gasteiger partial charge in [0.1, 0.15) is 5.82 Å². The number of hydrazine groups is 1. The van der Waals surface area contributed by atoms with Crippen LogP contribution in [0.5, 0.6) is 0 Å². The van der Waals surface area contributed by atoms with Gasteiger partial charge in [0.05, 0.1) is 17.4 Å². The van der Waals surface area contributed by atoms with Crippen molar-refractivity contribution in [1.82, 2.24) is 4.98 Å². The van der Waals surface area contributed by atoms with Crippen molar-refractivity contribution >= 4 is 5.69 Å². The summed E-state index contributed by atoms with van der Waals surface area (Å²) in [6.45, 7) is 0. The molecule has 2 aromatic rings. The van der Waals surface area contributed by atoms with Gasteiger partial charge < -0.3 is 9.84 Å². The van der Waals surface area contributed by atoms with Crippen LogP contribution in [-0.2, 0) is 0 Å². The summed E-state index contributed by atoms with van der Waals surface area (Å²) >= 11 is 0. The van der Waals surface area contributed by atoms with Gasteiger partial charge in [-0.15, -0.1) is 0 Å². The highest BCUT2D eigenvalue weighted by Gasteiger charge is 2.12. The first kappa shape index (κ1) is 8.71. The van der Waals surface area contributed by atoms with Gasteiger partial charge in [-0.1, -0.05) is 6.07 Å². The van der Waals surface area contributed by atoms with Gasteiger partial charge in [0, 0.05) is 0 Å². The summed E-state index contributed by atoms with van der Waals surface area (Å²) in [5.41, 5.74) is 3.14. The summed E-state index contributed by atoms with van der Waals surface area (Å²) in [5, 5.41) is 0. The van der Waals surface area contributed by atoms with Gasteiger partial charge in [-0.05, 0) is 12.1 Å². The van der Waals surface area contributed by atoms with Crippen molar-refractivity contribution in [1.29, 1.82) is 0 Å². The number of nitrogens with one attached hydrogen (secondary N) is 1. The molecule has 72 valence electrons. The second kappa shape index (κ2) is 3.47. The number of halogens is 1. The maximum atomic E-state index is 13.4. The van der Waals surface area contributed by atoms with E-state index >= 15 is 0 Å². The minimum Gasteiger partial charge on any atom is -0.443 e. The Morgan fingerprint density at radius 1 is 1.43 bits per heavy atom. The van der Waals surface area contributed by atoms with E-state index in [9.17, 15) is 4.39 Å². The zero-order valence-electron chi connectivity index (χ0n) is 7.20. The van der Waals surface area contributed by atoms with Gasteiger partial charge in [0.25, 0.3) is 0 Å². The van der Waals surface area contributed by atoms with E-state index in [1.165, 1.54) is 18.7 Å². The van der Waals surface area contributed by atoms with E-state index in [1.54, 1.807) is 12.1 Å². The first-order valence-electron chi connectivity index (χ1n) is 3.97. The number of hydrogen-bond acceptors (Lipinski definition) is 4. The Morgan fingerprint density at radius 3 is 2.93 bits per heavy atom. The fourth-order valence-electron chi connectivity index (χ4n) is 1.23. The lowest BCUT2D eigenvalue weighted by Crippen LogP contribution is -2.08. The van der Waals surface area contributed by atoms with E-state index in [-0.39, 0.29) is 5.56 Å². The van der Waals surface area contributed by atoms with Crippen LogP contribution in [0, 0.1) is 5.82 Å². The molecule has 0 aliphatic heterocycles. The number of hydrogen-bond donors (Lipinski definition) is 2. The molecular formula is C9H8FN3O. The molecule has 2 rings (SSSR count). The van der Waals surface area contributed by atoms with Gasteiger partial charge in [0.15, 0.2) is 12.2 Å². The Bertz CT molecular complexity index is 428. The summed E-state index contributed by atoms with van der Waals surface area (Å²) in [7, 11) is 0. The lowest BCUT2D eigenvalue weighted by atomic mass is 10.1. The summed E-state index contributed by atoms with van der Waals surface area (Å²) in [6.07, 6.45) is 2.67. The first-order valence-corrected chi connectivity index (χ1v) is 3.97. The smallest absolute Gasteiger partial charge is 0.181 e. The average molecular weight is 193 g/mol. The third-order valence-corrected chi connectivity index (χ3v) is 1.85. The fraction of sp³-hybridized carbons (Fsp3) is 0. The molecule has 4 nitrogen and oxygen atoms in total. The Balaban J connectivity index is 2.61. The number of rotatable bonds is 2. The molecule has 1 heterocycles. The lowest BCUT2D eigenvalue weighted by molar-refractivity contribution is 0.562. The van der Waals surface area contributed by atoms with Crippen LogP contribution in [0.1, 0.15) is 0 Å². The van der Waals surface area contributed by atoms with Crippen LogP contribution in [0.4, 0.5) is 10.1 Å². The summed E-state index contributed by atoms with van der Waals surface area (Å²) in [6, 6.07) is 4.55. The Hall–Kier alpha value is -1.88. The zero-order valence-corrected chi connectivity index (χ0v) is 7.20. The number of nitrogens with zero attached hydrogens (tertiary/aromatic N) is 1. The molecule has 0 bridgehead atoms. The van der Waals surface area contributed by atoms with Gasteiger partial charge >= 0.3 is 0 Å². The highest BCUT2D eigenvalue weighted by atomic mass is 19.1. The van der Waals surface area contributed by atoms with E-state index in [2.05, 4.69) is 10.4 Å². The van der Waals surface area contributed by atoms with Crippen LogP contribution < -0.4 is 11.3 Å². The third-order valence-electron chi connectivity index (χ3n) is 1.85. The van der Waals surface area contributed by atoms with Crippen LogP contribution in [-0.4, -0.2) is 4.98 Å². The molecule has 0 atom stereocenters. The van der Waals surface area contributed by atoms with E-state index < -0.39 is 5.82 Å². The summed E-state index contributed by atoms with van der Waals surface area (Å²) < 4.78 is 18.4. The van der Waals surface area contributed by atoms with Crippen molar-refractivity contribution in [2.45, 2.75) is 0 Å². The number of aromatic nitrogens is 1. The highest BCUT2D eigenvalue weighted by Crippen LogP contribution is 2.29. The molecule has 1 aromatic heterocycles. The van der Waals surface area contributed by atoms with Crippen molar-refractivity contribution in [2.24, 2.45) is 5.84 Å². The monoisotopic (exact) mass is 193 g/mol. The second-order valence-electron chi connectivity index (χ2n) is 2.67. The minimum absolute atomic E-state index is 0.285. The van der Waals surface area contributed by atoms with Crippen LogP contribution in [0.25, 0.3) is 11.3 Å². The van der Waals surface area contributed by atoms with Gasteiger partial charge in [0.2, 0.25) is 0 Å². The molecule has 1 aromatic carbocycles. The zero-order chi connectivity index (χ0) is 9.97. The number of nitrogen functional groups attached to an aromatic ring is 1. The van der Waals surface area contributed by atoms with Crippen LogP contribution in [0.2, 0.25) is 0 Å². The molecule has 0 aliphatic rings. The van der Waals surface area contributed by atoms with Crippen molar-refractivity contribution in [3.8, 4) is 11.3 Å². The highest BCUT2D eigenvalue weighted by molar-refractivity contribution is 5.74. The molecule has 0 aliphatic carbocycles. The number of anilines is 1. The van der Waals surface area contributed by atoms with Crippen LogP contribution in [0.15, 0.2) is 35.2 Å². The fourth-order valence-corrected chi connectivity index (χ4v) is 1.23. The Morgan fingerprint density at radius 2 is 2.29 bits per heavy atom. The van der Waals surface area contributed by atoms with E-state index in [4.69, 9.17) is 10.3 Å². The molecule has 0 fully saturated rings. The molecular weight excluding hydrogens is 185 g/mol. The van der Waals surface area contributed by atoms with Crippen molar-refractivity contribution in [2.75, 3.05) is 5.43 Å².